The van der Waals surface area contributed by atoms with Gasteiger partial charge in [-0.05, 0) is 36.2 Å². The number of nitrogens with zero attached hydrogens (tertiary/aromatic N) is 4. The van der Waals surface area contributed by atoms with Crippen LogP contribution in [0, 0.1) is 6.92 Å². The molecule has 6 rings (SSSR count). The monoisotopic (exact) mass is 427 g/mol. The second-order valence-corrected chi connectivity index (χ2v) is 8.43. The van der Waals surface area contributed by atoms with Crippen LogP contribution in [-0.2, 0) is 17.3 Å². The fraction of sp³-hybridized carbons (Fsp3) is 0.250. The number of carbonyl (C=O) groups excluding carboxylic acids is 2. The number of anilines is 1. The highest BCUT2D eigenvalue weighted by atomic mass is 16.3. The lowest BCUT2D eigenvalue weighted by Crippen LogP contribution is -2.43. The highest BCUT2D eigenvalue weighted by Crippen LogP contribution is 2.54. The molecule has 2 aromatic heterocycles. The SMILES string of the molecule is Cc1nc2ccc(C(=O)N3CC[C@]4(C(=O)Nc5ccccc54)[C@@H]3c3nccn3C)cc2o1. The second-order valence-electron chi connectivity index (χ2n) is 8.43. The lowest BCUT2D eigenvalue weighted by atomic mass is 9.74. The van der Waals surface area contributed by atoms with Crippen molar-refractivity contribution in [1.82, 2.24) is 19.4 Å². The summed E-state index contributed by atoms with van der Waals surface area (Å²) in [4.78, 5) is 37.9. The molecule has 0 unspecified atom stereocenters. The van der Waals surface area contributed by atoms with E-state index in [1.165, 1.54) is 0 Å². The predicted molar refractivity (Wildman–Crippen MR) is 117 cm³/mol. The number of rotatable bonds is 2. The number of hydrogen-bond donors (Lipinski definition) is 1. The third kappa shape index (κ3) is 2.43. The number of likely N-dealkylation sites (tertiary alicyclic amines) is 1. The number of nitrogens with one attached hydrogen (secondary N) is 1. The summed E-state index contributed by atoms with van der Waals surface area (Å²) in [5, 5.41) is 3.03. The van der Waals surface area contributed by atoms with Gasteiger partial charge in [-0.25, -0.2) is 9.97 Å². The average molecular weight is 427 g/mol. The molecule has 2 aromatic carbocycles. The van der Waals surface area contributed by atoms with Crippen LogP contribution in [-0.4, -0.2) is 37.8 Å². The Kier molecular flexibility index (Phi) is 3.83. The Labute approximate surface area is 183 Å². The van der Waals surface area contributed by atoms with E-state index >= 15 is 0 Å². The molecule has 2 atom stereocenters. The van der Waals surface area contributed by atoms with E-state index in [2.05, 4.69) is 15.3 Å². The maximum Gasteiger partial charge on any atom is 0.254 e. The molecule has 8 nitrogen and oxygen atoms in total. The van der Waals surface area contributed by atoms with E-state index in [9.17, 15) is 9.59 Å². The molecular formula is C24H21N5O3. The summed E-state index contributed by atoms with van der Waals surface area (Å²) in [6.45, 7) is 2.21. The van der Waals surface area contributed by atoms with Gasteiger partial charge in [0, 0.05) is 44.2 Å². The number of fused-ring (bicyclic) bond motifs is 3. The molecule has 1 fully saturated rings. The summed E-state index contributed by atoms with van der Waals surface area (Å²) in [6, 6.07) is 12.4. The van der Waals surface area contributed by atoms with E-state index < -0.39 is 11.5 Å². The number of para-hydroxylation sites is 1. The maximum absolute atomic E-state index is 13.8. The van der Waals surface area contributed by atoms with Gasteiger partial charge in [-0.2, -0.15) is 0 Å². The summed E-state index contributed by atoms with van der Waals surface area (Å²) in [7, 11) is 1.89. The quantitative estimate of drug-likeness (QED) is 0.530. The number of imidazole rings is 1. The van der Waals surface area contributed by atoms with Crippen LogP contribution in [0.4, 0.5) is 5.69 Å². The van der Waals surface area contributed by atoms with Crippen molar-refractivity contribution in [2.45, 2.75) is 24.8 Å². The molecular weight excluding hydrogens is 406 g/mol. The van der Waals surface area contributed by atoms with Crippen molar-refractivity contribution in [1.29, 1.82) is 0 Å². The van der Waals surface area contributed by atoms with Crippen LogP contribution in [0.15, 0.2) is 59.3 Å². The summed E-state index contributed by atoms with van der Waals surface area (Å²) in [5.74, 6) is 0.973. The molecule has 1 N–H and O–H groups in total. The van der Waals surface area contributed by atoms with Gasteiger partial charge in [0.1, 0.15) is 22.8 Å². The fourth-order valence-corrected chi connectivity index (χ4v) is 5.24. The second kappa shape index (κ2) is 6.53. The smallest absolute Gasteiger partial charge is 0.254 e. The number of oxazole rings is 1. The minimum Gasteiger partial charge on any atom is -0.441 e. The first-order chi connectivity index (χ1) is 15.5. The van der Waals surface area contributed by atoms with Crippen molar-refractivity contribution in [2.75, 3.05) is 11.9 Å². The number of carbonyl (C=O) groups is 2. The van der Waals surface area contributed by atoms with Gasteiger partial charge >= 0.3 is 0 Å². The first-order valence-corrected chi connectivity index (χ1v) is 10.6. The number of aromatic nitrogens is 3. The van der Waals surface area contributed by atoms with Crippen LogP contribution in [0.2, 0.25) is 0 Å². The van der Waals surface area contributed by atoms with Crippen molar-refractivity contribution in [3.63, 3.8) is 0 Å². The zero-order valence-corrected chi connectivity index (χ0v) is 17.7. The molecule has 8 heteroatoms. The van der Waals surface area contributed by atoms with Crippen LogP contribution >= 0.6 is 0 Å². The molecule has 4 aromatic rings. The minimum absolute atomic E-state index is 0.0942. The van der Waals surface area contributed by atoms with Crippen molar-refractivity contribution in [2.24, 2.45) is 7.05 Å². The standard InChI is InChI=1S/C24H21N5O3/c1-14-26-18-8-7-15(13-19(18)32-14)22(30)29-11-9-24(20(29)21-25-10-12-28(21)2)16-5-3-4-6-17(16)27-23(24)31/h3-8,10,12-13,20H,9,11H2,1-2H3,(H,27,31)/t20-,24+/m0/s1. The molecule has 0 aliphatic carbocycles. The third-order valence-corrected chi connectivity index (χ3v) is 6.69. The Hall–Kier alpha value is -3.94. The largest absolute Gasteiger partial charge is 0.441 e. The van der Waals surface area contributed by atoms with Gasteiger partial charge in [-0.1, -0.05) is 18.2 Å². The fourth-order valence-electron chi connectivity index (χ4n) is 5.24. The number of amides is 2. The third-order valence-electron chi connectivity index (χ3n) is 6.69. The van der Waals surface area contributed by atoms with Gasteiger partial charge in [0.15, 0.2) is 11.5 Å². The van der Waals surface area contributed by atoms with E-state index in [0.29, 0.717) is 41.3 Å². The van der Waals surface area contributed by atoms with E-state index in [1.807, 2.05) is 42.1 Å². The number of benzene rings is 2. The van der Waals surface area contributed by atoms with Gasteiger partial charge in [-0.15, -0.1) is 0 Å². The lowest BCUT2D eigenvalue weighted by molar-refractivity contribution is -0.121. The van der Waals surface area contributed by atoms with Gasteiger partial charge in [0.2, 0.25) is 5.91 Å². The van der Waals surface area contributed by atoms with E-state index in [1.54, 1.807) is 36.2 Å². The van der Waals surface area contributed by atoms with E-state index in [0.717, 1.165) is 11.3 Å². The van der Waals surface area contributed by atoms with Crippen LogP contribution in [0.5, 0.6) is 0 Å². The Morgan fingerprint density at radius 1 is 1.25 bits per heavy atom. The maximum atomic E-state index is 13.8. The van der Waals surface area contributed by atoms with Crippen molar-refractivity contribution in [3.8, 4) is 0 Å². The van der Waals surface area contributed by atoms with Crippen molar-refractivity contribution in [3.05, 3.63) is 77.7 Å². The highest BCUT2D eigenvalue weighted by molar-refractivity contribution is 6.08. The lowest BCUT2D eigenvalue weighted by Gasteiger charge is -2.33. The molecule has 0 bridgehead atoms. The van der Waals surface area contributed by atoms with Crippen LogP contribution in [0.3, 0.4) is 0 Å². The van der Waals surface area contributed by atoms with E-state index in [4.69, 9.17) is 4.42 Å². The highest BCUT2D eigenvalue weighted by Gasteiger charge is 2.60. The van der Waals surface area contributed by atoms with Gasteiger partial charge < -0.3 is 19.2 Å². The first-order valence-electron chi connectivity index (χ1n) is 10.6. The Bertz CT molecular complexity index is 1400. The number of aryl methyl sites for hydroxylation is 2. The Morgan fingerprint density at radius 3 is 2.91 bits per heavy atom. The van der Waals surface area contributed by atoms with Gasteiger partial charge in [0.05, 0.1) is 0 Å². The van der Waals surface area contributed by atoms with Crippen LogP contribution in [0.25, 0.3) is 11.1 Å². The van der Waals surface area contributed by atoms with Gasteiger partial charge in [-0.3, -0.25) is 9.59 Å². The van der Waals surface area contributed by atoms with E-state index in [-0.39, 0.29) is 11.8 Å². The summed E-state index contributed by atoms with van der Waals surface area (Å²) >= 11 is 0. The molecule has 2 aliphatic rings. The molecule has 2 amide bonds. The Balaban J connectivity index is 1.50. The van der Waals surface area contributed by atoms with Crippen LogP contribution < -0.4 is 5.32 Å². The average Bonchev–Trinajstić information content (AvgIpc) is 3.53. The molecule has 1 saturated heterocycles. The topological polar surface area (TPSA) is 93.3 Å². The Morgan fingerprint density at radius 2 is 2.09 bits per heavy atom. The molecule has 2 aliphatic heterocycles. The summed E-state index contributed by atoms with van der Waals surface area (Å²) in [5.41, 5.74) is 2.59. The molecule has 32 heavy (non-hydrogen) atoms. The zero-order chi connectivity index (χ0) is 22.0. The molecule has 4 heterocycles. The molecule has 0 saturated carbocycles. The van der Waals surface area contributed by atoms with Crippen molar-refractivity contribution >= 4 is 28.6 Å². The van der Waals surface area contributed by atoms with Crippen molar-refractivity contribution < 1.29 is 14.0 Å². The number of hydrogen-bond acceptors (Lipinski definition) is 5. The molecule has 0 radical (unpaired) electrons. The minimum atomic E-state index is -0.891. The van der Waals surface area contributed by atoms with Gasteiger partial charge in [0.25, 0.3) is 5.91 Å². The van der Waals surface area contributed by atoms with Crippen LogP contribution in [0.1, 0.15) is 40.1 Å². The predicted octanol–water partition coefficient (Wildman–Crippen LogP) is 3.35. The molecule has 1 spiro atoms. The summed E-state index contributed by atoms with van der Waals surface area (Å²) < 4.78 is 7.52. The molecule has 160 valence electrons. The zero-order valence-electron chi connectivity index (χ0n) is 17.7. The first kappa shape index (κ1) is 18.8. The summed E-state index contributed by atoms with van der Waals surface area (Å²) in [6.07, 6.45) is 4.06. The normalized spacial score (nSPS) is 22.0.